The fourth-order valence-electron chi connectivity index (χ4n) is 1.54. The van der Waals surface area contributed by atoms with Crippen molar-refractivity contribution in [2.45, 2.75) is 32.9 Å². The van der Waals surface area contributed by atoms with Crippen molar-refractivity contribution < 1.29 is 4.79 Å². The Balaban J connectivity index is 0.00000324. The summed E-state index contributed by atoms with van der Waals surface area (Å²) in [7, 11) is 0. The molecule has 6 heteroatoms. The van der Waals surface area contributed by atoms with Crippen LogP contribution < -0.4 is 11.1 Å². The van der Waals surface area contributed by atoms with E-state index in [0.29, 0.717) is 10.0 Å². The van der Waals surface area contributed by atoms with Crippen LogP contribution in [0.25, 0.3) is 0 Å². The number of amides is 1. The lowest BCUT2D eigenvalue weighted by molar-refractivity contribution is -0.123. The highest BCUT2D eigenvalue weighted by atomic mass is 35.5. The zero-order chi connectivity index (χ0) is 13.9. The molecule has 0 spiro atoms. The molecule has 0 aromatic heterocycles. The Morgan fingerprint density at radius 2 is 1.84 bits per heavy atom. The molecule has 0 saturated carbocycles. The second kappa shape index (κ2) is 7.95. The molecular weight excluding hydrogens is 307 g/mol. The van der Waals surface area contributed by atoms with Crippen LogP contribution in [0.5, 0.6) is 0 Å². The first-order valence-corrected chi connectivity index (χ1v) is 6.59. The molecule has 0 saturated heterocycles. The molecule has 0 aliphatic heterocycles. The first kappa shape index (κ1) is 18.5. The zero-order valence-corrected chi connectivity index (χ0v) is 13.4. The van der Waals surface area contributed by atoms with Gasteiger partial charge in [0.15, 0.2) is 0 Å². The highest BCUT2D eigenvalue weighted by molar-refractivity contribution is 6.35. The van der Waals surface area contributed by atoms with Gasteiger partial charge in [-0.25, -0.2) is 0 Å². The van der Waals surface area contributed by atoms with E-state index < -0.39 is 6.04 Å². The van der Waals surface area contributed by atoms with Gasteiger partial charge in [-0.2, -0.15) is 0 Å². The molecule has 2 atom stereocenters. The molecule has 3 N–H and O–H groups in total. The van der Waals surface area contributed by atoms with Gasteiger partial charge in [0, 0.05) is 10.0 Å². The van der Waals surface area contributed by atoms with E-state index in [0.717, 1.165) is 5.56 Å². The number of hydrogen-bond donors (Lipinski definition) is 2. The first-order valence-electron chi connectivity index (χ1n) is 5.83. The van der Waals surface area contributed by atoms with Crippen molar-refractivity contribution in [2.75, 3.05) is 0 Å². The minimum atomic E-state index is -0.515. The minimum absolute atomic E-state index is 0. The summed E-state index contributed by atoms with van der Waals surface area (Å²) in [5, 5.41) is 3.95. The summed E-state index contributed by atoms with van der Waals surface area (Å²) in [5.41, 5.74) is 6.61. The summed E-state index contributed by atoms with van der Waals surface area (Å²) in [6.45, 7) is 5.68. The third-order valence-corrected chi connectivity index (χ3v) is 3.37. The molecule has 0 aliphatic rings. The van der Waals surface area contributed by atoms with Gasteiger partial charge in [-0.1, -0.05) is 43.1 Å². The predicted octanol–water partition coefficient (Wildman–Crippen LogP) is 3.58. The molecule has 0 heterocycles. The lowest BCUT2D eigenvalue weighted by Crippen LogP contribution is -2.44. The summed E-state index contributed by atoms with van der Waals surface area (Å²) < 4.78 is 0. The summed E-state index contributed by atoms with van der Waals surface area (Å²) >= 11 is 11.9. The standard InChI is InChI=1S/C13H18Cl2N2O.ClH/c1-7(2)12(16)13(18)17-8(3)10-5-4-9(14)6-11(10)15;/h4-8,12H,16H2,1-3H3,(H,17,18);1H. The van der Waals surface area contributed by atoms with Gasteiger partial charge in [-0.3, -0.25) is 4.79 Å². The van der Waals surface area contributed by atoms with E-state index in [9.17, 15) is 4.79 Å². The Bertz CT molecular complexity index is 438. The fourth-order valence-corrected chi connectivity index (χ4v) is 2.11. The monoisotopic (exact) mass is 324 g/mol. The SMILES string of the molecule is CC(NC(=O)C(N)C(C)C)c1ccc(Cl)cc1Cl.Cl. The first-order chi connectivity index (χ1) is 8.32. The van der Waals surface area contributed by atoms with E-state index in [1.54, 1.807) is 18.2 Å². The molecule has 19 heavy (non-hydrogen) atoms. The average Bonchev–Trinajstić information content (AvgIpc) is 2.27. The third kappa shape index (κ3) is 5.19. The summed E-state index contributed by atoms with van der Waals surface area (Å²) in [5.74, 6) is -0.0820. The number of rotatable bonds is 4. The quantitative estimate of drug-likeness (QED) is 0.889. The number of carbonyl (C=O) groups is 1. The fraction of sp³-hybridized carbons (Fsp3) is 0.462. The molecular formula is C13H19Cl3N2O. The average molecular weight is 326 g/mol. The van der Waals surface area contributed by atoms with E-state index >= 15 is 0 Å². The van der Waals surface area contributed by atoms with Gasteiger partial charge < -0.3 is 11.1 Å². The lowest BCUT2D eigenvalue weighted by atomic mass is 10.0. The molecule has 108 valence electrons. The predicted molar refractivity (Wildman–Crippen MR) is 83.1 cm³/mol. The van der Waals surface area contributed by atoms with Gasteiger partial charge in [0.05, 0.1) is 12.1 Å². The third-order valence-electron chi connectivity index (χ3n) is 2.81. The van der Waals surface area contributed by atoms with Crippen LogP contribution in [-0.4, -0.2) is 11.9 Å². The Hall–Kier alpha value is -0.480. The van der Waals surface area contributed by atoms with Crippen LogP contribution in [0, 0.1) is 5.92 Å². The Kier molecular flexibility index (Phi) is 7.75. The van der Waals surface area contributed by atoms with Crippen LogP contribution in [0.3, 0.4) is 0 Å². The molecule has 1 aromatic carbocycles. The van der Waals surface area contributed by atoms with Crippen molar-refractivity contribution in [2.24, 2.45) is 11.7 Å². The maximum atomic E-state index is 11.8. The number of nitrogens with one attached hydrogen (secondary N) is 1. The van der Waals surface area contributed by atoms with Gasteiger partial charge in [0.25, 0.3) is 0 Å². The number of hydrogen-bond acceptors (Lipinski definition) is 2. The molecule has 0 fully saturated rings. The van der Waals surface area contributed by atoms with Crippen LogP contribution in [0.15, 0.2) is 18.2 Å². The number of nitrogens with two attached hydrogens (primary N) is 1. The molecule has 1 rings (SSSR count). The number of benzene rings is 1. The van der Waals surface area contributed by atoms with Crippen molar-refractivity contribution >= 4 is 41.5 Å². The highest BCUT2D eigenvalue weighted by Gasteiger charge is 2.20. The Morgan fingerprint density at radius 3 is 2.32 bits per heavy atom. The smallest absolute Gasteiger partial charge is 0.237 e. The second-order valence-corrected chi connectivity index (χ2v) is 5.51. The topological polar surface area (TPSA) is 55.1 Å². The number of halogens is 3. The second-order valence-electron chi connectivity index (χ2n) is 4.67. The van der Waals surface area contributed by atoms with E-state index in [4.69, 9.17) is 28.9 Å². The van der Waals surface area contributed by atoms with E-state index in [2.05, 4.69) is 5.32 Å². The van der Waals surface area contributed by atoms with Gasteiger partial charge in [-0.05, 0) is 30.5 Å². The van der Waals surface area contributed by atoms with Gasteiger partial charge in [0.2, 0.25) is 5.91 Å². The van der Waals surface area contributed by atoms with Crippen LogP contribution in [0.4, 0.5) is 0 Å². The van der Waals surface area contributed by atoms with Crippen LogP contribution in [-0.2, 0) is 4.79 Å². The molecule has 3 nitrogen and oxygen atoms in total. The van der Waals surface area contributed by atoms with Gasteiger partial charge in [-0.15, -0.1) is 12.4 Å². The highest BCUT2D eigenvalue weighted by Crippen LogP contribution is 2.26. The van der Waals surface area contributed by atoms with Crippen molar-refractivity contribution in [1.29, 1.82) is 0 Å². The summed E-state index contributed by atoms with van der Waals surface area (Å²) in [6.07, 6.45) is 0. The summed E-state index contributed by atoms with van der Waals surface area (Å²) in [4.78, 5) is 11.8. The Morgan fingerprint density at radius 1 is 1.26 bits per heavy atom. The molecule has 1 amide bonds. The molecule has 0 bridgehead atoms. The minimum Gasteiger partial charge on any atom is -0.348 e. The van der Waals surface area contributed by atoms with E-state index in [-0.39, 0.29) is 30.3 Å². The van der Waals surface area contributed by atoms with Crippen LogP contribution >= 0.6 is 35.6 Å². The Labute approximate surface area is 130 Å². The van der Waals surface area contributed by atoms with Gasteiger partial charge >= 0.3 is 0 Å². The van der Waals surface area contributed by atoms with Crippen molar-refractivity contribution in [3.05, 3.63) is 33.8 Å². The summed E-state index contributed by atoms with van der Waals surface area (Å²) in [6, 6.07) is 4.49. The van der Waals surface area contributed by atoms with Gasteiger partial charge in [0.1, 0.15) is 0 Å². The molecule has 0 radical (unpaired) electrons. The lowest BCUT2D eigenvalue weighted by Gasteiger charge is -2.20. The van der Waals surface area contributed by atoms with E-state index in [1.165, 1.54) is 0 Å². The maximum Gasteiger partial charge on any atom is 0.237 e. The van der Waals surface area contributed by atoms with Crippen molar-refractivity contribution in [3.63, 3.8) is 0 Å². The zero-order valence-electron chi connectivity index (χ0n) is 11.1. The van der Waals surface area contributed by atoms with E-state index in [1.807, 2.05) is 20.8 Å². The molecule has 2 unspecified atom stereocenters. The van der Waals surface area contributed by atoms with Crippen molar-refractivity contribution in [3.8, 4) is 0 Å². The molecule has 0 aliphatic carbocycles. The molecule has 1 aromatic rings. The van der Waals surface area contributed by atoms with Crippen LogP contribution in [0.1, 0.15) is 32.4 Å². The largest absolute Gasteiger partial charge is 0.348 e. The number of carbonyl (C=O) groups excluding carboxylic acids is 1. The maximum absolute atomic E-state index is 11.8. The van der Waals surface area contributed by atoms with Crippen LogP contribution in [0.2, 0.25) is 10.0 Å². The normalized spacial score (nSPS) is 13.6. The van der Waals surface area contributed by atoms with Crippen molar-refractivity contribution in [1.82, 2.24) is 5.32 Å².